The molecular formula is C16H18ClF2N3OS. The van der Waals surface area contributed by atoms with Crippen LogP contribution in [0.2, 0.25) is 0 Å². The van der Waals surface area contributed by atoms with Crippen molar-refractivity contribution in [2.45, 2.75) is 19.3 Å². The van der Waals surface area contributed by atoms with E-state index in [0.717, 1.165) is 36.9 Å². The van der Waals surface area contributed by atoms with Crippen molar-refractivity contribution >= 4 is 34.8 Å². The largest absolute Gasteiger partial charge is 0.317 e. The molecule has 24 heavy (non-hydrogen) atoms. The quantitative estimate of drug-likeness (QED) is 0.864. The first-order valence-electron chi connectivity index (χ1n) is 7.52. The number of nitrogens with one attached hydrogen (secondary N) is 2. The van der Waals surface area contributed by atoms with Gasteiger partial charge in [0.05, 0.1) is 0 Å². The van der Waals surface area contributed by atoms with E-state index in [9.17, 15) is 13.6 Å². The van der Waals surface area contributed by atoms with Crippen molar-refractivity contribution < 1.29 is 13.6 Å². The fourth-order valence-corrected chi connectivity index (χ4v) is 3.43. The van der Waals surface area contributed by atoms with Crippen molar-refractivity contribution in [2.24, 2.45) is 5.92 Å². The molecule has 0 aliphatic carbocycles. The zero-order valence-electron chi connectivity index (χ0n) is 12.9. The first-order chi connectivity index (χ1) is 11.1. The number of amides is 1. The summed E-state index contributed by atoms with van der Waals surface area (Å²) < 4.78 is 26.6. The molecule has 8 heteroatoms. The lowest BCUT2D eigenvalue weighted by Crippen LogP contribution is -2.34. The van der Waals surface area contributed by atoms with Gasteiger partial charge in [-0.1, -0.05) is 6.07 Å². The van der Waals surface area contributed by atoms with Gasteiger partial charge in [-0.3, -0.25) is 4.79 Å². The number of rotatable bonds is 4. The van der Waals surface area contributed by atoms with Crippen LogP contribution in [0.3, 0.4) is 0 Å². The molecule has 1 amide bonds. The zero-order chi connectivity index (χ0) is 16.2. The van der Waals surface area contributed by atoms with E-state index < -0.39 is 11.6 Å². The van der Waals surface area contributed by atoms with Gasteiger partial charge in [0.25, 0.3) is 0 Å². The van der Waals surface area contributed by atoms with E-state index in [1.165, 1.54) is 23.5 Å². The van der Waals surface area contributed by atoms with Crippen LogP contribution in [0.25, 0.3) is 0 Å². The second kappa shape index (κ2) is 8.50. The Morgan fingerprint density at radius 1 is 1.33 bits per heavy atom. The lowest BCUT2D eigenvalue weighted by atomic mass is 9.97. The van der Waals surface area contributed by atoms with Crippen LogP contribution in [0, 0.1) is 17.6 Å². The molecular weight excluding hydrogens is 356 g/mol. The number of nitrogens with zero attached hydrogens (tertiary/aromatic N) is 1. The third-order valence-corrected chi connectivity index (χ3v) is 4.79. The number of carbonyl (C=O) groups excluding carboxylic acids is 1. The van der Waals surface area contributed by atoms with Crippen LogP contribution in [0.1, 0.15) is 23.3 Å². The lowest BCUT2D eigenvalue weighted by molar-refractivity contribution is -0.120. The minimum Gasteiger partial charge on any atom is -0.317 e. The Bertz CT molecular complexity index is 704. The van der Waals surface area contributed by atoms with E-state index in [1.54, 1.807) is 6.20 Å². The molecule has 3 rings (SSSR count). The van der Waals surface area contributed by atoms with Crippen LogP contribution in [0.5, 0.6) is 0 Å². The van der Waals surface area contributed by atoms with E-state index in [2.05, 4.69) is 15.6 Å². The molecule has 130 valence electrons. The van der Waals surface area contributed by atoms with Gasteiger partial charge in [-0.15, -0.1) is 23.7 Å². The van der Waals surface area contributed by atoms with E-state index in [1.807, 2.05) is 0 Å². The van der Waals surface area contributed by atoms with Crippen LogP contribution in [0.4, 0.5) is 13.9 Å². The summed E-state index contributed by atoms with van der Waals surface area (Å²) in [6.07, 6.45) is 3.59. The highest BCUT2D eigenvalue weighted by atomic mass is 35.5. The first kappa shape index (κ1) is 18.8. The normalized spacial score (nSPS) is 14.9. The number of carbonyl (C=O) groups is 1. The maximum atomic E-state index is 13.7. The number of anilines is 1. The SMILES string of the molecule is Cl.O=C(Nc1ncc(Cc2ccc(F)cc2F)s1)C1CCNCC1. The second-order valence-corrected chi connectivity index (χ2v) is 6.67. The summed E-state index contributed by atoms with van der Waals surface area (Å²) >= 11 is 1.31. The van der Waals surface area contributed by atoms with Crippen molar-refractivity contribution in [3.05, 3.63) is 46.5 Å². The van der Waals surface area contributed by atoms with Crippen molar-refractivity contribution in [1.82, 2.24) is 10.3 Å². The zero-order valence-corrected chi connectivity index (χ0v) is 14.5. The Balaban J connectivity index is 0.00000208. The molecule has 0 saturated carbocycles. The molecule has 0 spiro atoms. The van der Waals surface area contributed by atoms with Crippen molar-refractivity contribution in [2.75, 3.05) is 18.4 Å². The van der Waals surface area contributed by atoms with Crippen LogP contribution >= 0.6 is 23.7 Å². The molecule has 0 radical (unpaired) electrons. The summed E-state index contributed by atoms with van der Waals surface area (Å²) in [6, 6.07) is 3.53. The topological polar surface area (TPSA) is 54.0 Å². The molecule has 0 atom stereocenters. The van der Waals surface area contributed by atoms with Gasteiger partial charge >= 0.3 is 0 Å². The third-order valence-electron chi connectivity index (χ3n) is 3.87. The Morgan fingerprint density at radius 3 is 2.79 bits per heavy atom. The van der Waals surface area contributed by atoms with Crippen molar-refractivity contribution in [3.8, 4) is 0 Å². The van der Waals surface area contributed by atoms with Gasteiger partial charge in [-0.2, -0.15) is 0 Å². The highest BCUT2D eigenvalue weighted by Gasteiger charge is 2.21. The second-order valence-electron chi connectivity index (χ2n) is 5.56. The molecule has 0 bridgehead atoms. The monoisotopic (exact) mass is 373 g/mol. The number of thiazole rings is 1. The Morgan fingerprint density at radius 2 is 2.08 bits per heavy atom. The van der Waals surface area contributed by atoms with Gasteiger partial charge in [-0.05, 0) is 37.6 Å². The first-order valence-corrected chi connectivity index (χ1v) is 8.33. The van der Waals surface area contributed by atoms with Crippen LogP contribution < -0.4 is 10.6 Å². The average Bonchev–Trinajstić information content (AvgIpc) is 2.98. The number of hydrogen-bond acceptors (Lipinski definition) is 4. The van der Waals surface area contributed by atoms with Crippen molar-refractivity contribution in [3.63, 3.8) is 0 Å². The van der Waals surface area contributed by atoms with E-state index in [4.69, 9.17) is 0 Å². The number of hydrogen-bond donors (Lipinski definition) is 2. The molecule has 2 N–H and O–H groups in total. The summed E-state index contributed by atoms with van der Waals surface area (Å²) in [6.45, 7) is 1.70. The molecule has 2 heterocycles. The predicted molar refractivity (Wildman–Crippen MR) is 92.7 cm³/mol. The van der Waals surface area contributed by atoms with Crippen LogP contribution in [0.15, 0.2) is 24.4 Å². The van der Waals surface area contributed by atoms with Crippen molar-refractivity contribution in [1.29, 1.82) is 0 Å². The minimum atomic E-state index is -0.592. The Hall–Kier alpha value is -1.57. The molecule has 1 aromatic heterocycles. The van der Waals surface area contributed by atoms with E-state index in [0.29, 0.717) is 17.1 Å². The molecule has 1 aromatic carbocycles. The number of benzene rings is 1. The maximum Gasteiger partial charge on any atom is 0.229 e. The van der Waals surface area contributed by atoms with Gasteiger partial charge in [-0.25, -0.2) is 13.8 Å². The molecule has 1 aliphatic heterocycles. The fourth-order valence-electron chi connectivity index (χ4n) is 2.59. The summed E-state index contributed by atoms with van der Waals surface area (Å²) in [5.74, 6) is -1.16. The standard InChI is InChI=1S/C16H17F2N3OS.ClH/c17-12-2-1-11(14(18)8-12)7-13-9-20-16(23-13)21-15(22)10-3-5-19-6-4-10;/h1-2,8-10,19H,3-7H2,(H,20,21,22);1H. The van der Waals surface area contributed by atoms with Gasteiger partial charge in [0.1, 0.15) is 11.6 Å². The summed E-state index contributed by atoms with van der Waals surface area (Å²) in [7, 11) is 0. The van der Waals surface area contributed by atoms with Crippen LogP contribution in [-0.4, -0.2) is 24.0 Å². The number of piperidine rings is 1. The van der Waals surface area contributed by atoms with E-state index >= 15 is 0 Å². The molecule has 4 nitrogen and oxygen atoms in total. The van der Waals surface area contributed by atoms with Gasteiger partial charge in [0.15, 0.2) is 5.13 Å². The smallest absolute Gasteiger partial charge is 0.229 e. The molecule has 2 aromatic rings. The Kier molecular flexibility index (Phi) is 6.65. The van der Waals surface area contributed by atoms with Gasteiger partial charge in [0.2, 0.25) is 5.91 Å². The summed E-state index contributed by atoms with van der Waals surface area (Å²) in [4.78, 5) is 17.1. The summed E-state index contributed by atoms with van der Waals surface area (Å²) in [5, 5.41) is 6.57. The predicted octanol–water partition coefficient (Wildman–Crippen LogP) is 3.37. The number of aromatic nitrogens is 1. The molecule has 1 saturated heterocycles. The molecule has 0 unspecified atom stereocenters. The number of halogens is 3. The Labute approximate surface area is 149 Å². The fraction of sp³-hybridized carbons (Fsp3) is 0.375. The average molecular weight is 374 g/mol. The minimum absolute atomic E-state index is 0. The van der Waals surface area contributed by atoms with Crippen LogP contribution in [-0.2, 0) is 11.2 Å². The lowest BCUT2D eigenvalue weighted by Gasteiger charge is -2.20. The molecule has 1 aliphatic rings. The van der Waals surface area contributed by atoms with Gasteiger partial charge < -0.3 is 10.6 Å². The summed E-state index contributed by atoms with van der Waals surface area (Å²) in [5.41, 5.74) is 0.409. The highest BCUT2D eigenvalue weighted by Crippen LogP contribution is 2.24. The third kappa shape index (κ3) is 4.72. The molecule has 1 fully saturated rings. The van der Waals surface area contributed by atoms with Gasteiger partial charge in [0, 0.05) is 29.5 Å². The highest BCUT2D eigenvalue weighted by molar-refractivity contribution is 7.15. The van der Waals surface area contributed by atoms with E-state index in [-0.39, 0.29) is 24.2 Å². The maximum absolute atomic E-state index is 13.7.